The van der Waals surface area contributed by atoms with E-state index in [0.717, 1.165) is 12.0 Å². The largest absolute Gasteiger partial charge is 0.396 e. The predicted octanol–water partition coefficient (Wildman–Crippen LogP) is 1.43. The Hall–Kier alpha value is -1.39. The molecular formula is C14H22N2O2. The topological polar surface area (TPSA) is 75.3 Å². The maximum atomic E-state index is 11.1. The van der Waals surface area contributed by atoms with Gasteiger partial charge in [-0.25, -0.2) is 0 Å². The summed E-state index contributed by atoms with van der Waals surface area (Å²) in [4.78, 5) is 11.1. The van der Waals surface area contributed by atoms with Crippen molar-refractivity contribution in [2.45, 2.75) is 38.8 Å². The molecule has 0 bridgehead atoms. The molecule has 1 unspecified atom stereocenters. The maximum absolute atomic E-state index is 11.1. The zero-order chi connectivity index (χ0) is 13.6. The number of amides is 1. The molecule has 0 aliphatic heterocycles. The van der Waals surface area contributed by atoms with Crippen molar-refractivity contribution < 1.29 is 9.90 Å². The van der Waals surface area contributed by atoms with Crippen molar-refractivity contribution >= 4 is 5.91 Å². The van der Waals surface area contributed by atoms with Crippen LogP contribution in [0.15, 0.2) is 24.3 Å². The van der Waals surface area contributed by atoms with E-state index < -0.39 is 5.91 Å². The van der Waals surface area contributed by atoms with Gasteiger partial charge in [-0.1, -0.05) is 19.1 Å². The van der Waals surface area contributed by atoms with E-state index in [1.807, 2.05) is 12.1 Å². The lowest BCUT2D eigenvalue weighted by Gasteiger charge is -2.29. The minimum atomic E-state index is -0.412. The summed E-state index contributed by atoms with van der Waals surface area (Å²) in [7, 11) is 0. The lowest BCUT2D eigenvalue weighted by atomic mass is 9.94. The molecule has 0 fully saturated rings. The van der Waals surface area contributed by atoms with Crippen molar-refractivity contribution in [2.24, 2.45) is 5.73 Å². The zero-order valence-corrected chi connectivity index (χ0v) is 11.1. The van der Waals surface area contributed by atoms with Crippen LogP contribution >= 0.6 is 0 Å². The molecule has 0 radical (unpaired) electrons. The first-order chi connectivity index (χ1) is 8.50. The second-order valence-electron chi connectivity index (χ2n) is 4.81. The molecular weight excluding hydrogens is 228 g/mol. The van der Waals surface area contributed by atoms with Gasteiger partial charge in [-0.15, -0.1) is 0 Å². The lowest BCUT2D eigenvalue weighted by molar-refractivity contribution is 0.1000. The van der Waals surface area contributed by atoms with Gasteiger partial charge in [0.05, 0.1) is 0 Å². The molecule has 4 N–H and O–H groups in total. The van der Waals surface area contributed by atoms with Crippen molar-refractivity contribution in [1.82, 2.24) is 5.32 Å². The van der Waals surface area contributed by atoms with Crippen LogP contribution in [-0.4, -0.2) is 23.2 Å². The summed E-state index contributed by atoms with van der Waals surface area (Å²) < 4.78 is 0. The number of nitrogens with one attached hydrogen (secondary N) is 1. The first-order valence-corrected chi connectivity index (χ1v) is 6.25. The minimum absolute atomic E-state index is 0.0858. The van der Waals surface area contributed by atoms with E-state index in [9.17, 15) is 4.79 Å². The lowest BCUT2D eigenvalue weighted by Crippen LogP contribution is -2.42. The van der Waals surface area contributed by atoms with E-state index in [0.29, 0.717) is 18.5 Å². The van der Waals surface area contributed by atoms with E-state index in [4.69, 9.17) is 10.8 Å². The van der Waals surface area contributed by atoms with Gasteiger partial charge in [-0.05, 0) is 37.5 Å². The quantitative estimate of drug-likeness (QED) is 0.685. The number of rotatable bonds is 7. The monoisotopic (exact) mass is 250 g/mol. The molecule has 0 saturated heterocycles. The van der Waals surface area contributed by atoms with Gasteiger partial charge in [-0.3, -0.25) is 4.79 Å². The van der Waals surface area contributed by atoms with Crippen molar-refractivity contribution in [2.75, 3.05) is 6.61 Å². The van der Waals surface area contributed by atoms with Gasteiger partial charge in [0, 0.05) is 24.3 Å². The fourth-order valence-electron chi connectivity index (χ4n) is 1.79. The molecule has 1 rings (SSSR count). The van der Waals surface area contributed by atoms with E-state index in [-0.39, 0.29) is 12.1 Å². The average molecular weight is 250 g/mol. The van der Waals surface area contributed by atoms with E-state index >= 15 is 0 Å². The average Bonchev–Trinajstić information content (AvgIpc) is 2.37. The highest BCUT2D eigenvalue weighted by Gasteiger charge is 2.20. The first-order valence-electron chi connectivity index (χ1n) is 6.25. The number of aliphatic hydroxyl groups is 1. The zero-order valence-electron chi connectivity index (χ0n) is 11.1. The summed E-state index contributed by atoms with van der Waals surface area (Å²) >= 11 is 0. The molecule has 0 heterocycles. The van der Waals surface area contributed by atoms with Crippen LogP contribution in [0.1, 0.15) is 42.6 Å². The van der Waals surface area contributed by atoms with Gasteiger partial charge in [0.25, 0.3) is 0 Å². The molecule has 0 saturated carbocycles. The number of primary amides is 1. The highest BCUT2D eigenvalue weighted by atomic mass is 16.3. The standard InChI is InChI=1S/C14H22N2O2/c1-3-14(2,7-8-17)16-10-11-5-4-6-12(9-11)13(15)18/h4-6,9,16-17H,3,7-8,10H2,1-2H3,(H2,15,18). The SMILES string of the molecule is CCC(C)(CCO)NCc1cccc(C(N)=O)c1. The molecule has 4 nitrogen and oxygen atoms in total. The number of hydrogen-bond donors (Lipinski definition) is 3. The van der Waals surface area contributed by atoms with Crippen molar-refractivity contribution in [3.63, 3.8) is 0 Å². The molecule has 18 heavy (non-hydrogen) atoms. The van der Waals surface area contributed by atoms with Crippen molar-refractivity contribution in [1.29, 1.82) is 0 Å². The summed E-state index contributed by atoms with van der Waals surface area (Å²) in [6, 6.07) is 7.28. The Balaban J connectivity index is 2.67. The minimum Gasteiger partial charge on any atom is -0.396 e. The molecule has 1 atom stereocenters. The third-order valence-electron chi connectivity index (χ3n) is 3.37. The molecule has 1 aromatic rings. The Kier molecular flexibility index (Phi) is 5.31. The summed E-state index contributed by atoms with van der Waals surface area (Å²) in [6.45, 7) is 4.99. The Labute approximate surface area is 108 Å². The van der Waals surface area contributed by atoms with Crippen LogP contribution in [0.2, 0.25) is 0 Å². The fourth-order valence-corrected chi connectivity index (χ4v) is 1.79. The fraction of sp³-hybridized carbons (Fsp3) is 0.500. The summed E-state index contributed by atoms with van der Waals surface area (Å²) in [5.74, 6) is -0.412. The third kappa shape index (κ3) is 4.13. The van der Waals surface area contributed by atoms with E-state index in [1.165, 1.54) is 0 Å². The van der Waals surface area contributed by atoms with Crippen LogP contribution in [0.4, 0.5) is 0 Å². The molecule has 0 aromatic heterocycles. The van der Waals surface area contributed by atoms with Crippen LogP contribution in [0.5, 0.6) is 0 Å². The van der Waals surface area contributed by atoms with Crippen molar-refractivity contribution in [3.8, 4) is 0 Å². The van der Waals surface area contributed by atoms with Crippen LogP contribution < -0.4 is 11.1 Å². The third-order valence-corrected chi connectivity index (χ3v) is 3.37. The van der Waals surface area contributed by atoms with Gasteiger partial charge >= 0.3 is 0 Å². The summed E-state index contributed by atoms with van der Waals surface area (Å²) in [5, 5.41) is 12.5. The van der Waals surface area contributed by atoms with Crippen LogP contribution in [0.25, 0.3) is 0 Å². The molecule has 0 spiro atoms. The van der Waals surface area contributed by atoms with Crippen LogP contribution in [-0.2, 0) is 6.54 Å². The first kappa shape index (κ1) is 14.7. The Morgan fingerprint density at radius 3 is 2.78 bits per heavy atom. The summed E-state index contributed by atoms with van der Waals surface area (Å²) in [6.07, 6.45) is 1.64. The number of carbonyl (C=O) groups excluding carboxylic acids is 1. The number of benzene rings is 1. The Morgan fingerprint density at radius 1 is 1.50 bits per heavy atom. The molecule has 4 heteroatoms. The number of nitrogens with two attached hydrogens (primary N) is 1. The van der Waals surface area contributed by atoms with Gasteiger partial charge in [0.1, 0.15) is 0 Å². The van der Waals surface area contributed by atoms with Gasteiger partial charge in [0.15, 0.2) is 0 Å². The molecule has 100 valence electrons. The molecule has 0 aliphatic carbocycles. The van der Waals surface area contributed by atoms with Crippen LogP contribution in [0.3, 0.4) is 0 Å². The summed E-state index contributed by atoms with van der Waals surface area (Å²) in [5.41, 5.74) is 6.70. The molecule has 1 aromatic carbocycles. The molecule has 0 aliphatic rings. The van der Waals surface area contributed by atoms with Crippen molar-refractivity contribution in [3.05, 3.63) is 35.4 Å². The smallest absolute Gasteiger partial charge is 0.248 e. The maximum Gasteiger partial charge on any atom is 0.248 e. The number of carbonyl (C=O) groups is 1. The highest BCUT2D eigenvalue weighted by molar-refractivity contribution is 5.92. The Morgan fingerprint density at radius 2 is 2.22 bits per heavy atom. The highest BCUT2D eigenvalue weighted by Crippen LogP contribution is 2.15. The van der Waals surface area contributed by atoms with Gasteiger partial charge < -0.3 is 16.2 Å². The van der Waals surface area contributed by atoms with E-state index in [1.54, 1.807) is 12.1 Å². The second-order valence-corrected chi connectivity index (χ2v) is 4.81. The van der Waals surface area contributed by atoms with Gasteiger partial charge in [-0.2, -0.15) is 0 Å². The number of hydrogen-bond acceptors (Lipinski definition) is 3. The number of aliphatic hydroxyl groups excluding tert-OH is 1. The van der Waals surface area contributed by atoms with Gasteiger partial charge in [0.2, 0.25) is 5.91 Å². The van der Waals surface area contributed by atoms with E-state index in [2.05, 4.69) is 19.2 Å². The Bertz CT molecular complexity index is 407. The van der Waals surface area contributed by atoms with Crippen LogP contribution in [0, 0.1) is 0 Å². The predicted molar refractivity (Wildman–Crippen MR) is 72.2 cm³/mol. The molecule has 1 amide bonds. The second kappa shape index (κ2) is 6.52. The normalized spacial score (nSPS) is 14.2.